The van der Waals surface area contributed by atoms with E-state index in [0.29, 0.717) is 10.6 Å². The van der Waals surface area contributed by atoms with Crippen molar-refractivity contribution in [3.05, 3.63) is 45.6 Å². The summed E-state index contributed by atoms with van der Waals surface area (Å²) in [6, 6.07) is 8.07. The largest absolute Gasteiger partial charge is 0.397 e. The molecule has 0 aliphatic carbocycles. The first-order valence-electron chi connectivity index (χ1n) is 6.41. The zero-order valence-electron chi connectivity index (χ0n) is 10.8. The smallest absolute Gasteiger partial charge is 0.270 e. The number of fused-ring (bicyclic) bond motifs is 1. The van der Waals surface area contributed by atoms with Crippen molar-refractivity contribution in [2.45, 2.75) is 19.8 Å². The lowest BCUT2D eigenvalue weighted by Crippen LogP contribution is -2.35. The van der Waals surface area contributed by atoms with Crippen LogP contribution in [0.3, 0.4) is 0 Å². The van der Waals surface area contributed by atoms with Crippen LogP contribution in [0.25, 0.3) is 0 Å². The van der Waals surface area contributed by atoms with Gasteiger partial charge in [0.2, 0.25) is 0 Å². The summed E-state index contributed by atoms with van der Waals surface area (Å²) in [5, 5.41) is 1.86. The van der Waals surface area contributed by atoms with Crippen molar-refractivity contribution in [2.75, 3.05) is 17.2 Å². The fourth-order valence-electron chi connectivity index (χ4n) is 2.55. The third-order valence-electron chi connectivity index (χ3n) is 3.49. The molecule has 0 saturated heterocycles. The minimum absolute atomic E-state index is 0.0253. The molecule has 98 valence electrons. The van der Waals surface area contributed by atoms with E-state index >= 15 is 0 Å². The van der Waals surface area contributed by atoms with E-state index in [2.05, 4.69) is 19.1 Å². The monoisotopic (exact) mass is 272 g/mol. The van der Waals surface area contributed by atoms with Gasteiger partial charge in [0.25, 0.3) is 5.91 Å². The van der Waals surface area contributed by atoms with Gasteiger partial charge in [0.1, 0.15) is 4.88 Å². The van der Waals surface area contributed by atoms with Crippen LogP contribution in [0.4, 0.5) is 11.4 Å². The predicted molar refractivity (Wildman–Crippen MR) is 79.9 cm³/mol. The van der Waals surface area contributed by atoms with Crippen LogP contribution in [-0.2, 0) is 6.42 Å². The molecule has 0 saturated carbocycles. The molecular formula is C15H16N2OS. The molecule has 2 aromatic rings. The van der Waals surface area contributed by atoms with Crippen molar-refractivity contribution in [1.29, 1.82) is 0 Å². The summed E-state index contributed by atoms with van der Waals surface area (Å²) in [5.74, 6) is 0.0253. The van der Waals surface area contributed by atoms with E-state index in [1.807, 2.05) is 16.3 Å². The molecule has 1 amide bonds. The van der Waals surface area contributed by atoms with E-state index in [4.69, 9.17) is 5.73 Å². The van der Waals surface area contributed by atoms with Gasteiger partial charge in [-0.15, -0.1) is 11.3 Å². The van der Waals surface area contributed by atoms with Gasteiger partial charge in [0, 0.05) is 12.2 Å². The molecule has 1 aliphatic rings. The Kier molecular flexibility index (Phi) is 3.03. The van der Waals surface area contributed by atoms with Gasteiger partial charge in [-0.3, -0.25) is 4.79 Å². The van der Waals surface area contributed by atoms with Gasteiger partial charge in [0.15, 0.2) is 0 Å². The van der Waals surface area contributed by atoms with Crippen molar-refractivity contribution < 1.29 is 4.79 Å². The Labute approximate surface area is 116 Å². The third kappa shape index (κ3) is 2.12. The molecular weight excluding hydrogens is 256 g/mol. The number of anilines is 2. The standard InChI is InChI=1S/C15H16N2OS/c1-10-4-5-13-11(9-10)3-2-7-17(13)15(18)14-12(16)6-8-19-14/h4-6,8-9H,2-3,7,16H2,1H3. The molecule has 3 rings (SSSR count). The lowest BCUT2D eigenvalue weighted by Gasteiger charge is -2.29. The van der Waals surface area contributed by atoms with Crippen LogP contribution in [0.15, 0.2) is 29.6 Å². The van der Waals surface area contributed by atoms with Gasteiger partial charge in [0.05, 0.1) is 5.69 Å². The summed E-state index contributed by atoms with van der Waals surface area (Å²) in [4.78, 5) is 15.1. The number of nitrogens with two attached hydrogens (primary N) is 1. The maximum absolute atomic E-state index is 12.6. The summed E-state index contributed by atoms with van der Waals surface area (Å²) >= 11 is 1.41. The first kappa shape index (κ1) is 12.2. The van der Waals surface area contributed by atoms with Gasteiger partial charge < -0.3 is 10.6 Å². The number of nitrogen functional groups attached to an aromatic ring is 1. The SMILES string of the molecule is Cc1ccc2c(c1)CCCN2C(=O)c1sccc1N. The molecule has 0 atom stereocenters. The van der Waals surface area contributed by atoms with Crippen LogP contribution >= 0.6 is 11.3 Å². The highest BCUT2D eigenvalue weighted by molar-refractivity contribution is 7.12. The number of nitrogens with zero attached hydrogens (tertiary/aromatic N) is 1. The topological polar surface area (TPSA) is 46.3 Å². The predicted octanol–water partition coefficient (Wildman–Crippen LogP) is 3.23. The fourth-order valence-corrected chi connectivity index (χ4v) is 3.32. The van der Waals surface area contributed by atoms with Crippen molar-refractivity contribution in [2.24, 2.45) is 0 Å². The van der Waals surface area contributed by atoms with E-state index in [-0.39, 0.29) is 5.91 Å². The van der Waals surface area contributed by atoms with Gasteiger partial charge in [-0.1, -0.05) is 17.7 Å². The van der Waals surface area contributed by atoms with E-state index in [9.17, 15) is 4.79 Å². The number of carbonyl (C=O) groups excluding carboxylic acids is 1. The maximum Gasteiger partial charge on any atom is 0.270 e. The van der Waals surface area contributed by atoms with E-state index < -0.39 is 0 Å². The zero-order valence-corrected chi connectivity index (χ0v) is 11.7. The molecule has 4 heteroatoms. The molecule has 1 aromatic carbocycles. The first-order valence-corrected chi connectivity index (χ1v) is 7.29. The summed E-state index contributed by atoms with van der Waals surface area (Å²) in [7, 11) is 0. The second-order valence-electron chi connectivity index (χ2n) is 4.90. The van der Waals surface area contributed by atoms with Crippen molar-refractivity contribution in [1.82, 2.24) is 0 Å². The van der Waals surface area contributed by atoms with Gasteiger partial charge in [-0.05, 0) is 42.8 Å². The lowest BCUT2D eigenvalue weighted by molar-refractivity contribution is 0.0990. The Morgan fingerprint density at radius 1 is 1.37 bits per heavy atom. The summed E-state index contributed by atoms with van der Waals surface area (Å²) < 4.78 is 0. The number of hydrogen-bond donors (Lipinski definition) is 1. The number of hydrogen-bond acceptors (Lipinski definition) is 3. The molecule has 2 N–H and O–H groups in total. The highest BCUT2D eigenvalue weighted by atomic mass is 32.1. The Morgan fingerprint density at radius 3 is 2.95 bits per heavy atom. The number of carbonyl (C=O) groups is 1. The number of rotatable bonds is 1. The van der Waals surface area contributed by atoms with Crippen molar-refractivity contribution in [3.63, 3.8) is 0 Å². The van der Waals surface area contributed by atoms with Gasteiger partial charge >= 0.3 is 0 Å². The third-order valence-corrected chi connectivity index (χ3v) is 4.41. The average Bonchev–Trinajstić information content (AvgIpc) is 2.83. The van der Waals surface area contributed by atoms with Crippen LogP contribution in [0.5, 0.6) is 0 Å². The second-order valence-corrected chi connectivity index (χ2v) is 5.81. The molecule has 0 radical (unpaired) electrons. The molecule has 2 heterocycles. The minimum atomic E-state index is 0.0253. The Bertz CT molecular complexity index is 633. The first-order chi connectivity index (χ1) is 9.16. The highest BCUT2D eigenvalue weighted by Crippen LogP contribution is 2.31. The highest BCUT2D eigenvalue weighted by Gasteiger charge is 2.25. The summed E-state index contributed by atoms with van der Waals surface area (Å²) in [6.45, 7) is 2.85. The van der Waals surface area contributed by atoms with Crippen LogP contribution in [-0.4, -0.2) is 12.5 Å². The second kappa shape index (κ2) is 4.70. The van der Waals surface area contributed by atoms with Crippen LogP contribution in [0, 0.1) is 6.92 Å². The lowest BCUT2D eigenvalue weighted by atomic mass is 9.99. The van der Waals surface area contributed by atoms with Crippen molar-refractivity contribution in [3.8, 4) is 0 Å². The van der Waals surface area contributed by atoms with Crippen molar-refractivity contribution >= 4 is 28.6 Å². The molecule has 0 spiro atoms. The quantitative estimate of drug-likeness (QED) is 0.866. The molecule has 0 fully saturated rings. The average molecular weight is 272 g/mol. The van der Waals surface area contributed by atoms with Crippen LogP contribution in [0.1, 0.15) is 27.2 Å². The summed E-state index contributed by atoms with van der Waals surface area (Å²) in [6.07, 6.45) is 2.05. The molecule has 19 heavy (non-hydrogen) atoms. The van der Waals surface area contributed by atoms with Gasteiger partial charge in [-0.25, -0.2) is 0 Å². The number of amides is 1. The van der Waals surface area contributed by atoms with Crippen LogP contribution in [0.2, 0.25) is 0 Å². The molecule has 0 bridgehead atoms. The van der Waals surface area contributed by atoms with Crippen LogP contribution < -0.4 is 10.6 Å². The number of benzene rings is 1. The van der Waals surface area contributed by atoms with Gasteiger partial charge in [-0.2, -0.15) is 0 Å². The van der Waals surface area contributed by atoms with E-state index in [0.717, 1.165) is 25.1 Å². The number of thiophene rings is 1. The Balaban J connectivity index is 2.00. The van der Waals surface area contributed by atoms with E-state index in [1.54, 1.807) is 6.07 Å². The normalized spacial score (nSPS) is 14.3. The van der Waals surface area contributed by atoms with E-state index in [1.165, 1.54) is 22.5 Å². The zero-order chi connectivity index (χ0) is 13.4. The number of aryl methyl sites for hydroxylation is 2. The summed E-state index contributed by atoms with van der Waals surface area (Å²) in [5.41, 5.74) is 9.97. The fraction of sp³-hybridized carbons (Fsp3) is 0.267. The molecule has 0 unspecified atom stereocenters. The minimum Gasteiger partial charge on any atom is -0.397 e. The Morgan fingerprint density at radius 2 is 2.21 bits per heavy atom. The maximum atomic E-state index is 12.6. The molecule has 3 nitrogen and oxygen atoms in total. The molecule has 1 aromatic heterocycles. The molecule has 1 aliphatic heterocycles. The Hall–Kier alpha value is -1.81.